The zero-order chi connectivity index (χ0) is 28.0. The van der Waals surface area contributed by atoms with Crippen LogP contribution in [-0.4, -0.2) is 0 Å². The van der Waals surface area contributed by atoms with E-state index in [9.17, 15) is 0 Å². The van der Waals surface area contributed by atoms with Gasteiger partial charge >= 0.3 is 0 Å². The Hall–Kier alpha value is -4.40. The highest BCUT2D eigenvalue weighted by Crippen LogP contribution is 2.50. The van der Waals surface area contributed by atoms with E-state index in [2.05, 4.69) is 180 Å². The molecule has 0 aliphatic heterocycles. The number of nitrogens with zero attached hydrogens (tertiary/aromatic N) is 1. The molecular formula is C39H30BrN. The second kappa shape index (κ2) is 10.2. The molecule has 0 spiro atoms. The number of fused-ring (bicyclic) bond motifs is 3. The Balaban J connectivity index is 1.41. The van der Waals surface area contributed by atoms with Gasteiger partial charge in [0, 0.05) is 26.9 Å². The zero-order valence-corrected chi connectivity index (χ0v) is 24.8. The van der Waals surface area contributed by atoms with Crippen molar-refractivity contribution in [3.63, 3.8) is 0 Å². The minimum absolute atomic E-state index is 0.0718. The van der Waals surface area contributed by atoms with E-state index in [1.807, 2.05) is 0 Å². The monoisotopic (exact) mass is 591 g/mol. The predicted octanol–water partition coefficient (Wildman–Crippen LogP) is 11.6. The van der Waals surface area contributed by atoms with Crippen LogP contribution in [-0.2, 0) is 5.41 Å². The first-order chi connectivity index (χ1) is 20.0. The van der Waals surface area contributed by atoms with E-state index in [0.717, 1.165) is 21.5 Å². The molecule has 0 radical (unpaired) electrons. The van der Waals surface area contributed by atoms with E-state index >= 15 is 0 Å². The van der Waals surface area contributed by atoms with Gasteiger partial charge in [0.05, 0.1) is 0 Å². The topological polar surface area (TPSA) is 3.24 Å². The third-order valence-corrected chi connectivity index (χ3v) is 8.79. The first-order valence-corrected chi connectivity index (χ1v) is 14.8. The summed E-state index contributed by atoms with van der Waals surface area (Å²) in [5.41, 5.74) is 13.5. The molecule has 0 saturated carbocycles. The molecule has 0 amide bonds. The molecule has 0 atom stereocenters. The van der Waals surface area contributed by atoms with E-state index in [1.165, 1.54) is 44.5 Å². The minimum Gasteiger partial charge on any atom is -0.310 e. The molecule has 1 nitrogen and oxygen atoms in total. The van der Waals surface area contributed by atoms with E-state index in [4.69, 9.17) is 0 Å². The van der Waals surface area contributed by atoms with Gasteiger partial charge in [-0.3, -0.25) is 0 Å². The maximum Gasteiger partial charge on any atom is 0.0467 e. The van der Waals surface area contributed by atoms with Crippen molar-refractivity contribution in [3.8, 4) is 33.4 Å². The molecule has 41 heavy (non-hydrogen) atoms. The summed E-state index contributed by atoms with van der Waals surface area (Å²) in [6.07, 6.45) is 0. The van der Waals surface area contributed by atoms with E-state index in [-0.39, 0.29) is 5.41 Å². The van der Waals surface area contributed by atoms with Crippen LogP contribution in [0.5, 0.6) is 0 Å². The van der Waals surface area contributed by atoms with Crippen LogP contribution in [0.15, 0.2) is 150 Å². The molecule has 198 valence electrons. The van der Waals surface area contributed by atoms with Gasteiger partial charge in [-0.15, -0.1) is 0 Å². The zero-order valence-electron chi connectivity index (χ0n) is 23.2. The molecular weight excluding hydrogens is 562 g/mol. The van der Waals surface area contributed by atoms with Crippen LogP contribution in [0, 0.1) is 0 Å². The van der Waals surface area contributed by atoms with Gasteiger partial charge in [-0.1, -0.05) is 127 Å². The summed E-state index contributed by atoms with van der Waals surface area (Å²) in [6, 6.07) is 52.6. The summed E-state index contributed by atoms with van der Waals surface area (Å²) in [7, 11) is 0. The smallest absolute Gasteiger partial charge is 0.0467 e. The summed E-state index contributed by atoms with van der Waals surface area (Å²) in [6.45, 7) is 4.69. The van der Waals surface area contributed by atoms with E-state index in [0.29, 0.717) is 0 Å². The third-order valence-electron chi connectivity index (χ3n) is 8.30. The Morgan fingerprint density at radius 1 is 0.439 bits per heavy atom. The lowest BCUT2D eigenvalue weighted by atomic mass is 9.82. The van der Waals surface area contributed by atoms with Crippen LogP contribution in [0.2, 0.25) is 0 Å². The van der Waals surface area contributed by atoms with Crippen molar-refractivity contribution in [2.75, 3.05) is 4.90 Å². The van der Waals surface area contributed by atoms with Gasteiger partial charge in [-0.25, -0.2) is 0 Å². The van der Waals surface area contributed by atoms with Crippen molar-refractivity contribution in [2.45, 2.75) is 19.3 Å². The van der Waals surface area contributed by atoms with Gasteiger partial charge in [0.25, 0.3) is 0 Å². The Kier molecular flexibility index (Phi) is 6.37. The first-order valence-electron chi connectivity index (χ1n) is 14.0. The van der Waals surface area contributed by atoms with Crippen LogP contribution in [0.4, 0.5) is 17.1 Å². The van der Waals surface area contributed by atoms with Crippen LogP contribution < -0.4 is 4.90 Å². The Morgan fingerprint density at radius 2 is 0.976 bits per heavy atom. The fourth-order valence-corrected chi connectivity index (χ4v) is 6.63. The fraction of sp³-hybridized carbons (Fsp3) is 0.0769. The highest BCUT2D eigenvalue weighted by molar-refractivity contribution is 9.10. The molecule has 0 heterocycles. The highest BCUT2D eigenvalue weighted by Gasteiger charge is 2.35. The Morgan fingerprint density at radius 3 is 1.68 bits per heavy atom. The van der Waals surface area contributed by atoms with Gasteiger partial charge in [-0.05, 0) is 93.0 Å². The molecule has 1 aliphatic rings. The fourth-order valence-electron chi connectivity index (χ4n) is 6.23. The predicted molar refractivity (Wildman–Crippen MR) is 177 cm³/mol. The molecule has 0 bridgehead atoms. The summed E-state index contributed by atoms with van der Waals surface area (Å²) < 4.78 is 1.08. The maximum atomic E-state index is 3.65. The summed E-state index contributed by atoms with van der Waals surface area (Å²) in [4.78, 5) is 2.40. The van der Waals surface area contributed by atoms with Gasteiger partial charge in [0.1, 0.15) is 0 Å². The number of hydrogen-bond acceptors (Lipinski definition) is 1. The number of benzene rings is 6. The number of hydrogen-bond donors (Lipinski definition) is 0. The van der Waals surface area contributed by atoms with Gasteiger partial charge in [0.2, 0.25) is 0 Å². The molecule has 0 aromatic heterocycles. The van der Waals surface area contributed by atoms with Crippen molar-refractivity contribution in [1.29, 1.82) is 0 Å². The van der Waals surface area contributed by atoms with Crippen LogP contribution in [0.25, 0.3) is 33.4 Å². The lowest BCUT2D eigenvalue weighted by Gasteiger charge is -2.29. The molecule has 0 N–H and O–H groups in total. The van der Waals surface area contributed by atoms with Crippen molar-refractivity contribution in [3.05, 3.63) is 161 Å². The largest absolute Gasteiger partial charge is 0.310 e. The van der Waals surface area contributed by atoms with Crippen molar-refractivity contribution in [2.24, 2.45) is 0 Å². The second-order valence-corrected chi connectivity index (χ2v) is 12.1. The van der Waals surface area contributed by atoms with Crippen molar-refractivity contribution >= 4 is 33.0 Å². The van der Waals surface area contributed by atoms with E-state index < -0.39 is 0 Å². The molecule has 2 heteroatoms. The number of anilines is 3. The SMILES string of the molecule is CC1(C)c2ccccc2-c2ccc(N(c3cccc(-c4ccccc4)c3)c3cccc(-c4cccc(Br)c4)c3)cc21. The number of halogens is 1. The average molecular weight is 593 g/mol. The highest BCUT2D eigenvalue weighted by atomic mass is 79.9. The van der Waals surface area contributed by atoms with Crippen molar-refractivity contribution < 1.29 is 0 Å². The van der Waals surface area contributed by atoms with Crippen LogP contribution in [0.3, 0.4) is 0 Å². The molecule has 6 aromatic rings. The first kappa shape index (κ1) is 25.6. The molecule has 1 aliphatic carbocycles. The standard InChI is InChI=1S/C39H30BrN/c1-39(2)37-20-7-6-19-35(37)36-22-21-34(26-38(36)39)41(32-17-9-14-29(24-32)27-11-4-3-5-12-27)33-18-10-15-30(25-33)28-13-8-16-31(40)23-28/h3-26H,1-2H3. The Labute approximate surface area is 250 Å². The lowest BCUT2D eigenvalue weighted by molar-refractivity contribution is 0.660. The quantitative estimate of drug-likeness (QED) is 0.193. The van der Waals surface area contributed by atoms with Crippen molar-refractivity contribution in [1.82, 2.24) is 0 Å². The van der Waals surface area contributed by atoms with Gasteiger partial charge in [-0.2, -0.15) is 0 Å². The van der Waals surface area contributed by atoms with E-state index in [1.54, 1.807) is 0 Å². The van der Waals surface area contributed by atoms with Crippen LogP contribution in [0.1, 0.15) is 25.0 Å². The number of rotatable bonds is 5. The van der Waals surface area contributed by atoms with Gasteiger partial charge < -0.3 is 4.90 Å². The molecule has 0 unspecified atom stereocenters. The summed E-state index contributed by atoms with van der Waals surface area (Å²) >= 11 is 3.65. The summed E-state index contributed by atoms with van der Waals surface area (Å²) in [5.74, 6) is 0. The van der Waals surface area contributed by atoms with Crippen LogP contribution >= 0.6 is 15.9 Å². The maximum absolute atomic E-state index is 3.65. The summed E-state index contributed by atoms with van der Waals surface area (Å²) in [5, 5.41) is 0. The molecule has 0 fully saturated rings. The molecule has 6 aromatic carbocycles. The normalized spacial score (nSPS) is 13.0. The molecule has 0 saturated heterocycles. The Bertz CT molecular complexity index is 1890. The second-order valence-electron chi connectivity index (χ2n) is 11.2. The molecule has 7 rings (SSSR count). The average Bonchev–Trinajstić information content (AvgIpc) is 3.24. The lowest BCUT2D eigenvalue weighted by Crippen LogP contribution is -2.16. The van der Waals surface area contributed by atoms with Gasteiger partial charge in [0.15, 0.2) is 0 Å². The third kappa shape index (κ3) is 4.59. The minimum atomic E-state index is -0.0718.